The lowest BCUT2D eigenvalue weighted by Gasteiger charge is -2.34. The smallest absolute Gasteiger partial charge is 0.203 e. The third-order valence-corrected chi connectivity index (χ3v) is 3.91. The van der Waals surface area contributed by atoms with Crippen molar-refractivity contribution in [3.63, 3.8) is 0 Å². The van der Waals surface area contributed by atoms with Gasteiger partial charge in [0.15, 0.2) is 11.5 Å². The number of aromatic hydroxyl groups is 1. The minimum atomic E-state index is 0. The molecule has 0 aliphatic carbocycles. The summed E-state index contributed by atoms with van der Waals surface area (Å²) in [5, 5.41) is 10.3. The van der Waals surface area contributed by atoms with Gasteiger partial charge in [0.2, 0.25) is 5.75 Å². The lowest BCUT2D eigenvalue weighted by Crippen LogP contribution is -2.45. The summed E-state index contributed by atoms with van der Waals surface area (Å²) in [6.45, 7) is 8.27. The molecule has 5 nitrogen and oxygen atoms in total. The van der Waals surface area contributed by atoms with Crippen molar-refractivity contribution in [3.8, 4) is 17.2 Å². The van der Waals surface area contributed by atoms with Crippen molar-refractivity contribution in [3.05, 3.63) is 17.7 Å². The maximum Gasteiger partial charge on any atom is 0.203 e. The van der Waals surface area contributed by atoms with E-state index < -0.39 is 0 Å². The largest absolute Gasteiger partial charge is 0.504 e. The number of methoxy groups -OCH3 is 2. The van der Waals surface area contributed by atoms with Crippen LogP contribution in [0.3, 0.4) is 0 Å². The Morgan fingerprint density at radius 3 is 2.09 bits per heavy atom. The van der Waals surface area contributed by atoms with Crippen LogP contribution < -0.4 is 9.47 Å². The third-order valence-electron chi connectivity index (χ3n) is 3.91. The highest BCUT2D eigenvalue weighted by molar-refractivity contribution is 5.85. The highest BCUT2D eigenvalue weighted by Gasteiger charge is 2.19. The predicted octanol–water partition coefficient (Wildman–Crippen LogP) is 2.39. The van der Waals surface area contributed by atoms with Crippen LogP contribution in [0.25, 0.3) is 0 Å². The number of hydrogen-bond acceptors (Lipinski definition) is 5. The summed E-state index contributed by atoms with van der Waals surface area (Å²) in [4.78, 5) is 4.79. The molecule has 2 rings (SSSR count). The molecule has 0 atom stereocenters. The number of benzene rings is 1. The number of halogens is 2. The quantitative estimate of drug-likeness (QED) is 0.881. The molecular weight excluding hydrogens is 327 g/mol. The Bertz CT molecular complexity index is 453. The molecule has 1 aliphatic heterocycles. The standard InChI is InChI=1S/C15H24N2O3.2ClH/c1-4-16-7-9-17(10-8-16)11-12-5-6-13(19-2)15(20-3)14(12)18;;/h5-6,18H,4,7-11H2,1-3H3;2*1H. The fraction of sp³-hybridized carbons (Fsp3) is 0.600. The zero-order valence-electron chi connectivity index (χ0n) is 13.4. The number of phenols is 1. The van der Waals surface area contributed by atoms with Gasteiger partial charge in [-0.15, -0.1) is 24.8 Å². The van der Waals surface area contributed by atoms with Crippen molar-refractivity contribution in [2.75, 3.05) is 46.9 Å². The first-order chi connectivity index (χ1) is 9.69. The second kappa shape index (κ2) is 10.0. The highest BCUT2D eigenvalue weighted by atomic mass is 35.5. The fourth-order valence-corrected chi connectivity index (χ4v) is 2.58. The molecular formula is C15H26Cl2N2O3. The second-order valence-corrected chi connectivity index (χ2v) is 5.02. The van der Waals surface area contributed by atoms with Gasteiger partial charge in [-0.05, 0) is 12.6 Å². The number of rotatable bonds is 5. The van der Waals surface area contributed by atoms with Crippen molar-refractivity contribution in [2.24, 2.45) is 0 Å². The SMILES string of the molecule is CCN1CCN(Cc2ccc(OC)c(OC)c2O)CC1.Cl.Cl. The molecule has 1 aliphatic rings. The van der Waals surface area contributed by atoms with E-state index in [4.69, 9.17) is 9.47 Å². The van der Waals surface area contributed by atoms with E-state index in [-0.39, 0.29) is 30.6 Å². The lowest BCUT2D eigenvalue weighted by atomic mass is 10.1. The summed E-state index contributed by atoms with van der Waals surface area (Å²) >= 11 is 0. The van der Waals surface area contributed by atoms with E-state index in [0.29, 0.717) is 11.5 Å². The number of hydrogen-bond donors (Lipinski definition) is 1. The predicted molar refractivity (Wildman–Crippen MR) is 93.1 cm³/mol. The molecule has 7 heteroatoms. The van der Waals surface area contributed by atoms with Gasteiger partial charge in [0.25, 0.3) is 0 Å². The van der Waals surface area contributed by atoms with Crippen molar-refractivity contribution in [2.45, 2.75) is 13.5 Å². The Kier molecular flexibility index (Phi) is 9.60. The number of likely N-dealkylation sites (N-methyl/N-ethyl adjacent to an activating group) is 1. The van der Waals surface area contributed by atoms with Gasteiger partial charge in [0.05, 0.1) is 14.2 Å². The Hall–Kier alpha value is -0.880. The Balaban J connectivity index is 0.00000220. The molecule has 1 fully saturated rings. The minimum Gasteiger partial charge on any atom is -0.504 e. The number of piperazine rings is 1. The van der Waals surface area contributed by atoms with E-state index in [1.54, 1.807) is 14.2 Å². The molecule has 0 saturated carbocycles. The molecule has 128 valence electrons. The van der Waals surface area contributed by atoms with Crippen LogP contribution in [-0.2, 0) is 6.54 Å². The van der Waals surface area contributed by atoms with Gasteiger partial charge < -0.3 is 19.5 Å². The van der Waals surface area contributed by atoms with Crippen LogP contribution in [0.4, 0.5) is 0 Å². The van der Waals surface area contributed by atoms with E-state index in [9.17, 15) is 5.11 Å². The molecule has 0 unspecified atom stereocenters. The van der Waals surface area contributed by atoms with E-state index in [2.05, 4.69) is 16.7 Å². The first kappa shape index (κ1) is 21.1. The van der Waals surface area contributed by atoms with E-state index in [0.717, 1.165) is 44.8 Å². The van der Waals surface area contributed by atoms with Gasteiger partial charge in [-0.25, -0.2) is 0 Å². The summed E-state index contributed by atoms with van der Waals surface area (Å²) < 4.78 is 10.4. The van der Waals surface area contributed by atoms with Crippen LogP contribution in [0.2, 0.25) is 0 Å². The molecule has 0 bridgehead atoms. The molecule has 1 aromatic rings. The zero-order valence-corrected chi connectivity index (χ0v) is 15.0. The topological polar surface area (TPSA) is 45.2 Å². The van der Waals surface area contributed by atoms with Crippen LogP contribution in [0.5, 0.6) is 17.2 Å². The number of nitrogens with zero attached hydrogens (tertiary/aromatic N) is 2. The first-order valence-electron chi connectivity index (χ1n) is 7.07. The normalized spacial score (nSPS) is 15.6. The summed E-state index contributed by atoms with van der Waals surface area (Å²) in [5.74, 6) is 1.16. The van der Waals surface area contributed by atoms with Gasteiger partial charge in [-0.3, -0.25) is 4.90 Å². The summed E-state index contributed by atoms with van der Waals surface area (Å²) in [7, 11) is 3.11. The van der Waals surface area contributed by atoms with Crippen LogP contribution in [0.1, 0.15) is 12.5 Å². The van der Waals surface area contributed by atoms with Crippen LogP contribution in [-0.4, -0.2) is 61.8 Å². The molecule has 1 aromatic carbocycles. The molecule has 1 heterocycles. The summed E-state index contributed by atoms with van der Waals surface area (Å²) in [6, 6.07) is 3.75. The monoisotopic (exact) mass is 352 g/mol. The maximum atomic E-state index is 10.3. The molecule has 0 aromatic heterocycles. The summed E-state index contributed by atoms with van der Waals surface area (Å²) in [6.07, 6.45) is 0. The third kappa shape index (κ3) is 4.81. The zero-order chi connectivity index (χ0) is 14.5. The second-order valence-electron chi connectivity index (χ2n) is 5.02. The molecule has 22 heavy (non-hydrogen) atoms. The molecule has 0 amide bonds. The van der Waals surface area contributed by atoms with Crippen molar-refractivity contribution < 1.29 is 14.6 Å². The van der Waals surface area contributed by atoms with Gasteiger partial charge in [-0.2, -0.15) is 0 Å². The van der Waals surface area contributed by atoms with E-state index >= 15 is 0 Å². The first-order valence-corrected chi connectivity index (χ1v) is 7.07. The van der Waals surface area contributed by atoms with Gasteiger partial charge >= 0.3 is 0 Å². The summed E-state index contributed by atoms with van der Waals surface area (Å²) in [5.41, 5.74) is 0.882. The molecule has 0 radical (unpaired) electrons. The molecule has 1 N–H and O–H groups in total. The fourth-order valence-electron chi connectivity index (χ4n) is 2.58. The van der Waals surface area contributed by atoms with Crippen LogP contribution >= 0.6 is 24.8 Å². The molecule has 0 spiro atoms. The van der Waals surface area contributed by atoms with E-state index in [1.807, 2.05) is 12.1 Å². The maximum absolute atomic E-state index is 10.3. The average Bonchev–Trinajstić information content (AvgIpc) is 2.49. The van der Waals surface area contributed by atoms with Gasteiger partial charge in [0.1, 0.15) is 0 Å². The highest BCUT2D eigenvalue weighted by Crippen LogP contribution is 2.39. The molecule has 1 saturated heterocycles. The van der Waals surface area contributed by atoms with Gasteiger partial charge in [0, 0.05) is 38.3 Å². The van der Waals surface area contributed by atoms with Gasteiger partial charge in [-0.1, -0.05) is 13.0 Å². The van der Waals surface area contributed by atoms with Crippen molar-refractivity contribution >= 4 is 24.8 Å². The number of ether oxygens (including phenoxy) is 2. The Morgan fingerprint density at radius 2 is 1.59 bits per heavy atom. The Morgan fingerprint density at radius 1 is 1.00 bits per heavy atom. The van der Waals surface area contributed by atoms with Crippen LogP contribution in [0.15, 0.2) is 12.1 Å². The number of phenolic OH excluding ortho intramolecular Hbond substituents is 1. The van der Waals surface area contributed by atoms with E-state index in [1.165, 1.54) is 0 Å². The average molecular weight is 353 g/mol. The lowest BCUT2D eigenvalue weighted by molar-refractivity contribution is 0.131. The minimum absolute atomic E-state index is 0. The Labute approximate surface area is 145 Å². The van der Waals surface area contributed by atoms with Crippen molar-refractivity contribution in [1.82, 2.24) is 9.80 Å². The van der Waals surface area contributed by atoms with Crippen molar-refractivity contribution in [1.29, 1.82) is 0 Å². The van der Waals surface area contributed by atoms with Crippen LogP contribution in [0, 0.1) is 0 Å².